The van der Waals surface area contributed by atoms with Crippen LogP contribution in [0.25, 0.3) is 0 Å². The van der Waals surface area contributed by atoms with E-state index in [4.69, 9.17) is 10.5 Å². The van der Waals surface area contributed by atoms with Gasteiger partial charge in [0.15, 0.2) is 0 Å². The molecule has 0 aliphatic rings. The number of methoxy groups -OCH3 is 1. The molecule has 3 N–H and O–H groups in total. The Labute approximate surface area is 118 Å². The first-order valence-electron chi connectivity index (χ1n) is 6.38. The van der Waals surface area contributed by atoms with E-state index in [9.17, 15) is 4.79 Å². The number of nitrogen functional groups attached to an aromatic ring is 1. The van der Waals surface area contributed by atoms with E-state index in [0.717, 1.165) is 16.9 Å². The predicted octanol–water partition coefficient (Wildman–Crippen LogP) is 2.77. The van der Waals surface area contributed by atoms with Crippen LogP contribution < -0.4 is 15.8 Å². The number of carbonyl (C=O) groups excluding carboxylic acids is 1. The Bertz CT molecular complexity index is 586. The van der Waals surface area contributed by atoms with Crippen LogP contribution in [0.5, 0.6) is 5.75 Å². The molecule has 0 saturated heterocycles. The lowest BCUT2D eigenvalue weighted by Gasteiger charge is -2.11. The first-order valence-corrected chi connectivity index (χ1v) is 6.38. The molecule has 2 aromatic rings. The van der Waals surface area contributed by atoms with Crippen LogP contribution in [0.15, 0.2) is 42.5 Å². The summed E-state index contributed by atoms with van der Waals surface area (Å²) in [6, 6.07) is 13.0. The summed E-state index contributed by atoms with van der Waals surface area (Å²) in [5, 5.41) is 2.86. The number of hydrogen-bond acceptors (Lipinski definition) is 3. The van der Waals surface area contributed by atoms with Gasteiger partial charge >= 0.3 is 0 Å². The molecule has 4 heteroatoms. The third-order valence-corrected chi connectivity index (χ3v) is 3.09. The van der Waals surface area contributed by atoms with E-state index in [1.807, 2.05) is 43.3 Å². The van der Waals surface area contributed by atoms with E-state index in [0.29, 0.717) is 17.8 Å². The maximum Gasteiger partial charge on any atom is 0.228 e. The van der Waals surface area contributed by atoms with Gasteiger partial charge in [0.25, 0.3) is 0 Å². The van der Waals surface area contributed by atoms with Gasteiger partial charge in [0.2, 0.25) is 5.91 Å². The third kappa shape index (κ3) is 3.29. The average molecular weight is 270 g/mol. The highest BCUT2D eigenvalue weighted by atomic mass is 16.5. The molecule has 0 unspecified atom stereocenters. The number of benzene rings is 2. The van der Waals surface area contributed by atoms with Gasteiger partial charge in [-0.1, -0.05) is 24.3 Å². The first kappa shape index (κ1) is 13.9. The fourth-order valence-electron chi connectivity index (χ4n) is 1.97. The number of nitrogens with two attached hydrogens (primary N) is 1. The second-order valence-electron chi connectivity index (χ2n) is 4.61. The van der Waals surface area contributed by atoms with E-state index < -0.39 is 0 Å². The maximum absolute atomic E-state index is 12.0. The summed E-state index contributed by atoms with van der Waals surface area (Å²) in [5.41, 5.74) is 9.01. The number of amides is 1. The number of anilines is 2. The van der Waals surface area contributed by atoms with Crippen LogP contribution in [0, 0.1) is 6.92 Å². The lowest BCUT2D eigenvalue weighted by molar-refractivity contribution is -0.115. The zero-order valence-corrected chi connectivity index (χ0v) is 11.6. The van der Waals surface area contributed by atoms with Crippen LogP contribution in [0.1, 0.15) is 11.1 Å². The van der Waals surface area contributed by atoms with Crippen molar-refractivity contribution in [2.24, 2.45) is 0 Å². The maximum atomic E-state index is 12.0. The van der Waals surface area contributed by atoms with Gasteiger partial charge in [0, 0.05) is 0 Å². The zero-order chi connectivity index (χ0) is 14.5. The Balaban J connectivity index is 2.05. The van der Waals surface area contributed by atoms with Crippen LogP contribution in [0.2, 0.25) is 0 Å². The molecule has 0 atom stereocenters. The molecule has 0 aromatic heterocycles. The summed E-state index contributed by atoms with van der Waals surface area (Å²) >= 11 is 0. The quantitative estimate of drug-likeness (QED) is 0.840. The summed E-state index contributed by atoms with van der Waals surface area (Å²) in [6.07, 6.45) is 0.303. The fourth-order valence-corrected chi connectivity index (χ4v) is 1.97. The molecule has 0 saturated carbocycles. The lowest BCUT2D eigenvalue weighted by atomic mass is 10.1. The van der Waals surface area contributed by atoms with Crippen molar-refractivity contribution in [3.05, 3.63) is 53.6 Å². The van der Waals surface area contributed by atoms with Gasteiger partial charge in [0.1, 0.15) is 5.75 Å². The smallest absolute Gasteiger partial charge is 0.228 e. The molecule has 0 bridgehead atoms. The number of nitrogens with one attached hydrogen (secondary N) is 1. The van der Waals surface area contributed by atoms with Gasteiger partial charge in [-0.15, -0.1) is 0 Å². The summed E-state index contributed by atoms with van der Waals surface area (Å²) in [6.45, 7) is 1.92. The molecule has 2 aromatic carbocycles. The number of ether oxygens (including phenoxy) is 1. The molecular formula is C16H18N2O2. The highest BCUT2D eigenvalue weighted by Gasteiger charge is 2.08. The van der Waals surface area contributed by atoms with Gasteiger partial charge in [0.05, 0.1) is 24.9 Å². The average Bonchev–Trinajstić information content (AvgIpc) is 2.44. The molecule has 0 spiro atoms. The third-order valence-electron chi connectivity index (χ3n) is 3.09. The van der Waals surface area contributed by atoms with Crippen LogP contribution in [0.4, 0.5) is 11.4 Å². The van der Waals surface area contributed by atoms with Crippen LogP contribution in [0.3, 0.4) is 0 Å². The Morgan fingerprint density at radius 3 is 2.50 bits per heavy atom. The summed E-state index contributed by atoms with van der Waals surface area (Å²) in [4.78, 5) is 12.0. The molecule has 4 nitrogen and oxygen atoms in total. The Morgan fingerprint density at radius 2 is 1.90 bits per heavy atom. The Kier molecular flexibility index (Phi) is 4.25. The van der Waals surface area contributed by atoms with Crippen molar-refractivity contribution in [3.8, 4) is 5.75 Å². The van der Waals surface area contributed by atoms with Crippen molar-refractivity contribution in [1.29, 1.82) is 0 Å². The fraction of sp³-hybridized carbons (Fsp3) is 0.188. The van der Waals surface area contributed by atoms with E-state index in [1.54, 1.807) is 13.2 Å². The van der Waals surface area contributed by atoms with Crippen molar-refractivity contribution in [2.45, 2.75) is 13.3 Å². The molecule has 1 amide bonds. The van der Waals surface area contributed by atoms with E-state index in [2.05, 4.69) is 5.32 Å². The number of rotatable bonds is 4. The molecule has 20 heavy (non-hydrogen) atoms. The zero-order valence-electron chi connectivity index (χ0n) is 11.6. The number of carbonyl (C=O) groups is 1. The first-order chi connectivity index (χ1) is 9.60. The predicted molar refractivity (Wildman–Crippen MR) is 80.9 cm³/mol. The minimum absolute atomic E-state index is 0.0869. The molecule has 0 aliphatic heterocycles. The summed E-state index contributed by atoms with van der Waals surface area (Å²) < 4.78 is 5.08. The normalized spacial score (nSPS) is 10.1. The van der Waals surface area contributed by atoms with Crippen LogP contribution in [-0.4, -0.2) is 13.0 Å². The number of aryl methyl sites for hydroxylation is 1. The highest BCUT2D eigenvalue weighted by Crippen LogP contribution is 2.22. The second-order valence-corrected chi connectivity index (χ2v) is 4.61. The largest absolute Gasteiger partial charge is 0.497 e. The molecule has 0 aliphatic carbocycles. The van der Waals surface area contributed by atoms with Crippen molar-refractivity contribution >= 4 is 17.3 Å². The molecule has 2 rings (SSSR count). The molecular weight excluding hydrogens is 252 g/mol. The molecule has 104 valence electrons. The van der Waals surface area contributed by atoms with Crippen molar-refractivity contribution in [2.75, 3.05) is 18.2 Å². The van der Waals surface area contributed by atoms with Crippen LogP contribution >= 0.6 is 0 Å². The van der Waals surface area contributed by atoms with Gasteiger partial charge in [-0.05, 0) is 36.2 Å². The van der Waals surface area contributed by atoms with Crippen LogP contribution in [-0.2, 0) is 11.2 Å². The van der Waals surface area contributed by atoms with E-state index in [-0.39, 0.29) is 5.91 Å². The van der Waals surface area contributed by atoms with E-state index >= 15 is 0 Å². The van der Waals surface area contributed by atoms with Gasteiger partial charge in [-0.25, -0.2) is 0 Å². The monoisotopic (exact) mass is 270 g/mol. The second kappa shape index (κ2) is 6.10. The molecule has 0 heterocycles. The Morgan fingerprint density at radius 1 is 1.20 bits per heavy atom. The van der Waals surface area contributed by atoms with Crippen molar-refractivity contribution < 1.29 is 9.53 Å². The standard InChI is InChI=1S/C16H18N2O2/c1-11-4-3-5-14(17)16(11)18-15(19)10-12-6-8-13(20-2)9-7-12/h3-9H,10,17H2,1-2H3,(H,18,19). The highest BCUT2D eigenvalue weighted by molar-refractivity contribution is 5.96. The minimum Gasteiger partial charge on any atom is -0.497 e. The van der Waals surface area contributed by atoms with Gasteiger partial charge < -0.3 is 15.8 Å². The van der Waals surface area contributed by atoms with Gasteiger partial charge in [-0.3, -0.25) is 4.79 Å². The topological polar surface area (TPSA) is 64.3 Å². The molecule has 0 radical (unpaired) electrons. The Hall–Kier alpha value is -2.49. The summed E-state index contributed by atoms with van der Waals surface area (Å²) in [5.74, 6) is 0.688. The SMILES string of the molecule is COc1ccc(CC(=O)Nc2c(C)cccc2N)cc1. The van der Waals surface area contributed by atoms with Crippen molar-refractivity contribution in [3.63, 3.8) is 0 Å². The van der Waals surface area contributed by atoms with Crippen molar-refractivity contribution in [1.82, 2.24) is 0 Å². The number of para-hydroxylation sites is 1. The number of hydrogen-bond donors (Lipinski definition) is 2. The summed E-state index contributed by atoms with van der Waals surface area (Å²) in [7, 11) is 1.61. The minimum atomic E-state index is -0.0869. The molecule has 0 fully saturated rings. The van der Waals surface area contributed by atoms with Gasteiger partial charge in [-0.2, -0.15) is 0 Å². The van der Waals surface area contributed by atoms with E-state index in [1.165, 1.54) is 0 Å². The lowest BCUT2D eigenvalue weighted by Crippen LogP contribution is -2.16.